The van der Waals surface area contributed by atoms with Crippen LogP contribution in [0.4, 0.5) is 0 Å². The van der Waals surface area contributed by atoms with Gasteiger partial charge in [-0.3, -0.25) is 0 Å². The average Bonchev–Trinajstić information content (AvgIpc) is 3.87. The lowest BCUT2D eigenvalue weighted by molar-refractivity contribution is 0.667. The number of hydrogen-bond donors (Lipinski definition) is 0. The van der Waals surface area contributed by atoms with Crippen molar-refractivity contribution in [1.29, 1.82) is 0 Å². The number of hydrogen-bond acceptors (Lipinski definition) is 3. The van der Waals surface area contributed by atoms with Crippen molar-refractivity contribution in [3.05, 3.63) is 156 Å². The molecule has 1 aliphatic carbocycles. The molecule has 0 N–H and O–H groups in total. The van der Waals surface area contributed by atoms with Gasteiger partial charge in [0, 0.05) is 57.0 Å². The van der Waals surface area contributed by atoms with Gasteiger partial charge < -0.3 is 4.42 Å². The lowest BCUT2D eigenvalue weighted by Crippen LogP contribution is -2.01. The van der Waals surface area contributed by atoms with E-state index in [0.29, 0.717) is 5.92 Å². The molecule has 10 aromatic rings. The zero-order valence-electron chi connectivity index (χ0n) is 25.3. The van der Waals surface area contributed by atoms with Gasteiger partial charge in [-0.2, -0.15) is 0 Å². The van der Waals surface area contributed by atoms with E-state index in [9.17, 15) is 0 Å². The number of fused-ring (bicyclic) bond motifs is 13. The lowest BCUT2D eigenvalue weighted by atomic mass is 9.89. The molecule has 0 aliphatic heterocycles. The van der Waals surface area contributed by atoms with Crippen molar-refractivity contribution >= 4 is 85.0 Å². The van der Waals surface area contributed by atoms with Gasteiger partial charge in [-0.05, 0) is 75.7 Å². The summed E-state index contributed by atoms with van der Waals surface area (Å²) in [6, 6.07) is 51.4. The SMILES string of the molecule is c1ccc2c(c1)-c1ccc3c(sc4ccccc43)c1[C@H]2Cc1ccc2c(c1)oc1cccc(-c3cccc4sc5ccccc5c34)c12. The van der Waals surface area contributed by atoms with E-state index >= 15 is 0 Å². The molecule has 47 heavy (non-hydrogen) atoms. The molecule has 0 saturated heterocycles. The molecule has 1 nitrogen and oxygen atoms in total. The van der Waals surface area contributed by atoms with Crippen molar-refractivity contribution < 1.29 is 4.42 Å². The minimum absolute atomic E-state index is 0.292. The van der Waals surface area contributed by atoms with Crippen molar-refractivity contribution in [2.45, 2.75) is 12.3 Å². The normalized spacial score (nSPS) is 14.3. The van der Waals surface area contributed by atoms with Gasteiger partial charge in [0.15, 0.2) is 0 Å². The molecule has 220 valence electrons. The van der Waals surface area contributed by atoms with Crippen LogP contribution in [0.25, 0.3) is 84.5 Å². The molecule has 0 unspecified atom stereocenters. The van der Waals surface area contributed by atoms with Crippen LogP contribution in [0.3, 0.4) is 0 Å². The lowest BCUT2D eigenvalue weighted by Gasteiger charge is -2.15. The second-order valence-corrected chi connectivity index (χ2v) is 14.9. The average molecular weight is 635 g/mol. The predicted octanol–water partition coefficient (Wildman–Crippen LogP) is 13.3. The monoisotopic (exact) mass is 634 g/mol. The summed E-state index contributed by atoms with van der Waals surface area (Å²) in [4.78, 5) is 0. The van der Waals surface area contributed by atoms with Gasteiger partial charge in [-0.1, -0.05) is 109 Å². The summed E-state index contributed by atoms with van der Waals surface area (Å²) in [5.41, 5.74) is 11.4. The third kappa shape index (κ3) is 3.64. The van der Waals surface area contributed by atoms with Crippen molar-refractivity contribution in [1.82, 2.24) is 0 Å². The molecular formula is C44H26OS2. The molecule has 0 spiro atoms. The second-order valence-electron chi connectivity index (χ2n) is 12.7. The van der Waals surface area contributed by atoms with Crippen molar-refractivity contribution in [3.8, 4) is 22.3 Å². The second kappa shape index (κ2) is 9.65. The van der Waals surface area contributed by atoms with E-state index < -0.39 is 0 Å². The smallest absolute Gasteiger partial charge is 0.136 e. The number of thiophene rings is 2. The van der Waals surface area contributed by atoms with Crippen molar-refractivity contribution in [2.75, 3.05) is 0 Å². The van der Waals surface area contributed by atoms with E-state index in [1.807, 2.05) is 22.7 Å². The van der Waals surface area contributed by atoms with Gasteiger partial charge in [0.25, 0.3) is 0 Å². The van der Waals surface area contributed by atoms with Gasteiger partial charge >= 0.3 is 0 Å². The number of furan rings is 1. The zero-order chi connectivity index (χ0) is 30.6. The molecule has 3 aromatic heterocycles. The van der Waals surface area contributed by atoms with E-state index in [1.165, 1.54) is 90.1 Å². The van der Waals surface area contributed by atoms with E-state index in [-0.39, 0.29) is 0 Å². The standard InChI is InChI=1S/C44H26OS2/c1-2-10-27-26(9-1)31-21-22-32-28-11-3-5-16-38(28)47-44(32)43(31)35(27)23-25-19-20-33-37(24-25)45-36-15-7-13-29(41(33)36)30-14-8-18-40-42(30)34-12-4-6-17-39(34)46-40/h1-22,24,35H,23H2/t35-/m0/s1. The molecular weight excluding hydrogens is 609 g/mol. The van der Waals surface area contributed by atoms with Gasteiger partial charge in [0.05, 0.1) is 0 Å². The number of rotatable bonds is 3. The Hall–Kier alpha value is -5.22. The number of benzene rings is 7. The van der Waals surface area contributed by atoms with E-state index in [1.54, 1.807) is 0 Å². The molecule has 1 aliphatic rings. The van der Waals surface area contributed by atoms with Crippen LogP contribution in [0, 0.1) is 0 Å². The molecule has 7 aromatic carbocycles. The van der Waals surface area contributed by atoms with Crippen LogP contribution in [0.15, 0.2) is 144 Å². The summed E-state index contributed by atoms with van der Waals surface area (Å²) < 4.78 is 12.1. The molecule has 11 rings (SSSR count). The molecule has 0 radical (unpaired) electrons. The summed E-state index contributed by atoms with van der Waals surface area (Å²) in [7, 11) is 0. The van der Waals surface area contributed by atoms with Crippen molar-refractivity contribution in [3.63, 3.8) is 0 Å². The molecule has 0 bridgehead atoms. The van der Waals surface area contributed by atoms with Crippen LogP contribution >= 0.6 is 22.7 Å². The van der Waals surface area contributed by atoms with Gasteiger partial charge in [-0.15, -0.1) is 22.7 Å². The summed E-state index contributed by atoms with van der Waals surface area (Å²) >= 11 is 3.81. The highest BCUT2D eigenvalue weighted by atomic mass is 32.1. The van der Waals surface area contributed by atoms with Crippen LogP contribution in [-0.2, 0) is 6.42 Å². The maximum Gasteiger partial charge on any atom is 0.136 e. The van der Waals surface area contributed by atoms with E-state index in [4.69, 9.17) is 4.42 Å². The topological polar surface area (TPSA) is 13.1 Å². The highest BCUT2D eigenvalue weighted by Crippen LogP contribution is 2.52. The van der Waals surface area contributed by atoms with Gasteiger partial charge in [-0.25, -0.2) is 0 Å². The molecule has 3 heteroatoms. The molecule has 0 amide bonds. The molecule has 0 fully saturated rings. The minimum Gasteiger partial charge on any atom is -0.456 e. The maximum atomic E-state index is 6.65. The predicted molar refractivity (Wildman–Crippen MR) is 202 cm³/mol. The Morgan fingerprint density at radius 2 is 1.17 bits per heavy atom. The highest BCUT2D eigenvalue weighted by Gasteiger charge is 2.31. The van der Waals surface area contributed by atoms with Crippen LogP contribution < -0.4 is 0 Å². The first-order valence-corrected chi connectivity index (χ1v) is 17.8. The molecule has 3 heterocycles. The Balaban J connectivity index is 1.07. The first-order chi connectivity index (χ1) is 23.3. The Morgan fingerprint density at radius 1 is 0.468 bits per heavy atom. The quantitative estimate of drug-likeness (QED) is 0.188. The Morgan fingerprint density at radius 3 is 2.09 bits per heavy atom. The Kier molecular flexibility index (Phi) is 5.32. The largest absolute Gasteiger partial charge is 0.456 e. The third-order valence-electron chi connectivity index (χ3n) is 10.3. The minimum atomic E-state index is 0.292. The zero-order valence-corrected chi connectivity index (χ0v) is 26.9. The first-order valence-electron chi connectivity index (χ1n) is 16.2. The fraction of sp³-hybridized carbons (Fsp3) is 0.0455. The van der Waals surface area contributed by atoms with Crippen LogP contribution in [0.2, 0.25) is 0 Å². The van der Waals surface area contributed by atoms with E-state index in [2.05, 4.69) is 140 Å². The van der Waals surface area contributed by atoms with Crippen molar-refractivity contribution in [2.24, 2.45) is 0 Å². The Bertz CT molecular complexity index is 2900. The molecule has 1 atom stereocenters. The third-order valence-corrected chi connectivity index (χ3v) is 12.6. The molecule has 0 saturated carbocycles. The fourth-order valence-electron chi connectivity index (χ4n) is 8.26. The first kappa shape index (κ1) is 25.9. The summed E-state index contributed by atoms with van der Waals surface area (Å²) in [6.07, 6.45) is 0.928. The summed E-state index contributed by atoms with van der Waals surface area (Å²) in [5, 5.41) is 7.75. The van der Waals surface area contributed by atoms with E-state index in [0.717, 1.165) is 17.6 Å². The maximum absolute atomic E-state index is 6.65. The summed E-state index contributed by atoms with van der Waals surface area (Å²) in [5.74, 6) is 0.292. The van der Waals surface area contributed by atoms with Crippen LogP contribution in [-0.4, -0.2) is 0 Å². The fourth-order valence-corrected chi connectivity index (χ4v) is 10.7. The van der Waals surface area contributed by atoms with Crippen LogP contribution in [0.5, 0.6) is 0 Å². The Labute approximate surface area is 278 Å². The van der Waals surface area contributed by atoms with Crippen LogP contribution in [0.1, 0.15) is 22.6 Å². The van der Waals surface area contributed by atoms with Gasteiger partial charge in [0.1, 0.15) is 11.2 Å². The highest BCUT2D eigenvalue weighted by molar-refractivity contribution is 7.26. The summed E-state index contributed by atoms with van der Waals surface area (Å²) in [6.45, 7) is 0. The van der Waals surface area contributed by atoms with Gasteiger partial charge in [0.2, 0.25) is 0 Å².